The lowest BCUT2D eigenvalue weighted by Crippen LogP contribution is -2.23. The SMILES string of the molecule is CCNC(=O)c1cc(N(C)C)nc2c(Cl)cccc12. The molecule has 2 rings (SSSR count). The van der Waals surface area contributed by atoms with E-state index in [0.717, 1.165) is 5.39 Å². The normalized spacial score (nSPS) is 10.5. The van der Waals surface area contributed by atoms with Gasteiger partial charge in [0, 0.05) is 26.0 Å². The predicted molar refractivity (Wildman–Crippen MR) is 79.1 cm³/mol. The topological polar surface area (TPSA) is 45.2 Å². The van der Waals surface area contributed by atoms with E-state index in [0.29, 0.717) is 28.5 Å². The number of nitrogens with one attached hydrogen (secondary N) is 1. The summed E-state index contributed by atoms with van der Waals surface area (Å²) in [7, 11) is 3.76. The number of pyridine rings is 1. The molecule has 0 aliphatic carbocycles. The molecule has 1 N–H and O–H groups in total. The van der Waals surface area contributed by atoms with Gasteiger partial charge < -0.3 is 10.2 Å². The quantitative estimate of drug-likeness (QED) is 0.938. The summed E-state index contributed by atoms with van der Waals surface area (Å²) in [5.74, 6) is 0.599. The van der Waals surface area contributed by atoms with Gasteiger partial charge in [-0.15, -0.1) is 0 Å². The van der Waals surface area contributed by atoms with Crippen LogP contribution in [-0.4, -0.2) is 31.5 Å². The molecule has 1 aromatic heterocycles. The number of carbonyl (C=O) groups is 1. The van der Waals surface area contributed by atoms with Gasteiger partial charge in [-0.25, -0.2) is 4.98 Å². The van der Waals surface area contributed by atoms with Crippen LogP contribution in [0.1, 0.15) is 17.3 Å². The third-order valence-electron chi connectivity index (χ3n) is 2.82. The summed E-state index contributed by atoms with van der Waals surface area (Å²) in [5.41, 5.74) is 1.25. The second kappa shape index (κ2) is 5.45. The zero-order chi connectivity index (χ0) is 14.0. The number of hydrogen-bond donors (Lipinski definition) is 1. The first-order valence-electron chi connectivity index (χ1n) is 6.09. The molecule has 0 fully saturated rings. The van der Waals surface area contributed by atoms with Crippen LogP contribution in [0.5, 0.6) is 0 Å². The van der Waals surface area contributed by atoms with Crippen LogP contribution in [0.25, 0.3) is 10.9 Å². The minimum absolute atomic E-state index is 0.111. The molecule has 2 aromatic rings. The van der Waals surface area contributed by atoms with Gasteiger partial charge in [-0.3, -0.25) is 4.79 Å². The first kappa shape index (κ1) is 13.6. The molecular formula is C14H16ClN3O. The highest BCUT2D eigenvalue weighted by atomic mass is 35.5. The number of benzene rings is 1. The molecule has 0 bridgehead atoms. The summed E-state index contributed by atoms with van der Waals surface area (Å²) in [6.07, 6.45) is 0. The van der Waals surface area contributed by atoms with Gasteiger partial charge >= 0.3 is 0 Å². The third-order valence-corrected chi connectivity index (χ3v) is 3.12. The van der Waals surface area contributed by atoms with Gasteiger partial charge in [-0.2, -0.15) is 0 Å². The number of rotatable bonds is 3. The Morgan fingerprint density at radius 3 is 2.79 bits per heavy atom. The first-order chi connectivity index (χ1) is 9.04. The minimum Gasteiger partial charge on any atom is -0.363 e. The van der Waals surface area contributed by atoms with Crippen molar-refractivity contribution in [3.8, 4) is 0 Å². The number of nitrogens with zero attached hydrogens (tertiary/aromatic N) is 2. The highest BCUT2D eigenvalue weighted by Crippen LogP contribution is 2.27. The van der Waals surface area contributed by atoms with Crippen molar-refractivity contribution in [1.29, 1.82) is 0 Å². The molecule has 0 spiro atoms. The van der Waals surface area contributed by atoms with Gasteiger partial charge in [0.1, 0.15) is 5.82 Å². The average Bonchev–Trinajstić information content (AvgIpc) is 2.38. The Labute approximate surface area is 117 Å². The molecule has 1 amide bonds. The largest absolute Gasteiger partial charge is 0.363 e. The van der Waals surface area contributed by atoms with Gasteiger partial charge in [0.15, 0.2) is 0 Å². The number of anilines is 1. The van der Waals surface area contributed by atoms with E-state index < -0.39 is 0 Å². The predicted octanol–water partition coefficient (Wildman–Crippen LogP) is 2.70. The molecule has 0 aliphatic rings. The van der Waals surface area contributed by atoms with Crippen molar-refractivity contribution >= 4 is 34.2 Å². The number of hydrogen-bond acceptors (Lipinski definition) is 3. The van der Waals surface area contributed by atoms with E-state index in [1.165, 1.54) is 0 Å². The van der Waals surface area contributed by atoms with E-state index in [2.05, 4.69) is 10.3 Å². The Bertz CT molecular complexity index is 625. The molecule has 19 heavy (non-hydrogen) atoms. The summed E-state index contributed by atoms with van der Waals surface area (Å²) in [6, 6.07) is 7.24. The number of para-hydroxylation sites is 1. The Morgan fingerprint density at radius 2 is 2.16 bits per heavy atom. The summed E-state index contributed by atoms with van der Waals surface area (Å²) in [6.45, 7) is 2.47. The van der Waals surface area contributed by atoms with Crippen molar-refractivity contribution in [2.45, 2.75) is 6.92 Å². The molecule has 0 radical (unpaired) electrons. The fourth-order valence-corrected chi connectivity index (χ4v) is 2.09. The van der Waals surface area contributed by atoms with E-state index in [1.807, 2.05) is 38.1 Å². The summed E-state index contributed by atoms with van der Waals surface area (Å²) >= 11 is 6.17. The number of fused-ring (bicyclic) bond motifs is 1. The van der Waals surface area contributed by atoms with Crippen LogP contribution in [0.3, 0.4) is 0 Å². The minimum atomic E-state index is -0.111. The number of amides is 1. The fraction of sp³-hybridized carbons (Fsp3) is 0.286. The second-order valence-corrected chi connectivity index (χ2v) is 4.83. The van der Waals surface area contributed by atoms with Crippen molar-refractivity contribution in [3.05, 3.63) is 34.9 Å². The smallest absolute Gasteiger partial charge is 0.252 e. The van der Waals surface area contributed by atoms with Crippen LogP contribution < -0.4 is 10.2 Å². The van der Waals surface area contributed by atoms with Crippen LogP contribution >= 0.6 is 11.6 Å². The molecule has 1 heterocycles. The van der Waals surface area contributed by atoms with Crippen molar-refractivity contribution in [1.82, 2.24) is 10.3 Å². The van der Waals surface area contributed by atoms with Crippen LogP contribution in [0.2, 0.25) is 5.02 Å². The summed E-state index contributed by atoms with van der Waals surface area (Å²) < 4.78 is 0. The molecule has 4 nitrogen and oxygen atoms in total. The van der Waals surface area contributed by atoms with E-state index in [4.69, 9.17) is 11.6 Å². The maximum Gasteiger partial charge on any atom is 0.252 e. The monoisotopic (exact) mass is 277 g/mol. The van der Waals surface area contributed by atoms with Crippen molar-refractivity contribution in [2.24, 2.45) is 0 Å². The van der Waals surface area contributed by atoms with Crippen LogP contribution in [0, 0.1) is 0 Å². The molecule has 0 saturated heterocycles. The second-order valence-electron chi connectivity index (χ2n) is 4.42. The molecule has 0 atom stereocenters. The van der Waals surface area contributed by atoms with E-state index in [1.54, 1.807) is 12.1 Å². The Kier molecular flexibility index (Phi) is 3.90. The zero-order valence-electron chi connectivity index (χ0n) is 11.2. The van der Waals surface area contributed by atoms with Gasteiger partial charge in [-0.05, 0) is 19.1 Å². The molecule has 100 valence electrons. The Hall–Kier alpha value is -1.81. The van der Waals surface area contributed by atoms with Crippen molar-refractivity contribution < 1.29 is 4.79 Å². The van der Waals surface area contributed by atoms with Gasteiger partial charge in [0.25, 0.3) is 5.91 Å². The molecule has 5 heteroatoms. The van der Waals surface area contributed by atoms with Crippen molar-refractivity contribution in [3.63, 3.8) is 0 Å². The van der Waals surface area contributed by atoms with E-state index in [9.17, 15) is 4.79 Å². The highest BCUT2D eigenvalue weighted by molar-refractivity contribution is 6.35. The zero-order valence-corrected chi connectivity index (χ0v) is 12.0. The maximum absolute atomic E-state index is 12.1. The van der Waals surface area contributed by atoms with Gasteiger partial charge in [0.05, 0.1) is 16.1 Å². The summed E-state index contributed by atoms with van der Waals surface area (Å²) in [5, 5.41) is 4.13. The molecular weight excluding hydrogens is 262 g/mol. The maximum atomic E-state index is 12.1. The third kappa shape index (κ3) is 2.63. The van der Waals surface area contributed by atoms with E-state index in [-0.39, 0.29) is 5.91 Å². The highest BCUT2D eigenvalue weighted by Gasteiger charge is 2.14. The molecule has 0 unspecified atom stereocenters. The van der Waals surface area contributed by atoms with Gasteiger partial charge in [0.2, 0.25) is 0 Å². The standard InChI is InChI=1S/C14H16ClN3O/c1-4-16-14(19)10-8-12(18(2)3)17-13-9(10)6-5-7-11(13)15/h5-8H,4H2,1-3H3,(H,16,19). The number of halogens is 1. The molecule has 0 aliphatic heterocycles. The Balaban J connectivity index is 2.72. The van der Waals surface area contributed by atoms with Crippen molar-refractivity contribution in [2.75, 3.05) is 25.5 Å². The lowest BCUT2D eigenvalue weighted by atomic mass is 10.1. The molecule has 1 aromatic carbocycles. The van der Waals surface area contributed by atoms with Crippen LogP contribution in [0.15, 0.2) is 24.3 Å². The molecule has 0 saturated carbocycles. The first-order valence-corrected chi connectivity index (χ1v) is 6.47. The Morgan fingerprint density at radius 1 is 1.42 bits per heavy atom. The van der Waals surface area contributed by atoms with Crippen LogP contribution in [-0.2, 0) is 0 Å². The lowest BCUT2D eigenvalue weighted by Gasteiger charge is -2.15. The lowest BCUT2D eigenvalue weighted by molar-refractivity contribution is 0.0957. The fourth-order valence-electron chi connectivity index (χ4n) is 1.87. The van der Waals surface area contributed by atoms with E-state index >= 15 is 0 Å². The number of carbonyl (C=O) groups excluding carboxylic acids is 1. The van der Waals surface area contributed by atoms with Crippen LogP contribution in [0.4, 0.5) is 5.82 Å². The van der Waals surface area contributed by atoms with Gasteiger partial charge in [-0.1, -0.05) is 23.7 Å². The average molecular weight is 278 g/mol. The number of aromatic nitrogens is 1. The summed E-state index contributed by atoms with van der Waals surface area (Å²) in [4.78, 5) is 18.5.